The third-order valence-electron chi connectivity index (χ3n) is 2.90. The van der Waals surface area contributed by atoms with Gasteiger partial charge in [0.2, 0.25) is 0 Å². The Labute approximate surface area is 93.9 Å². The van der Waals surface area contributed by atoms with Crippen molar-refractivity contribution >= 4 is 11.8 Å². The lowest BCUT2D eigenvalue weighted by Crippen LogP contribution is -2.37. The van der Waals surface area contributed by atoms with Gasteiger partial charge in [-0.2, -0.15) is 0 Å². The molecule has 2 unspecified atom stereocenters. The monoisotopic (exact) mass is 224 g/mol. The van der Waals surface area contributed by atoms with Crippen LogP contribution >= 0.6 is 11.8 Å². The minimum Gasteiger partial charge on any atom is -0.328 e. The molecule has 4 N–H and O–H groups in total. The van der Waals surface area contributed by atoms with Gasteiger partial charge in [-0.15, -0.1) is 11.8 Å². The van der Waals surface area contributed by atoms with Crippen LogP contribution in [0.3, 0.4) is 0 Å². The molecule has 1 aromatic rings. The molecule has 0 bridgehead atoms. The summed E-state index contributed by atoms with van der Waals surface area (Å²) in [5, 5.41) is 0. The van der Waals surface area contributed by atoms with Gasteiger partial charge >= 0.3 is 0 Å². The Morgan fingerprint density at radius 2 is 2.13 bits per heavy atom. The molecule has 0 aromatic carbocycles. The number of aromatic nitrogens is 2. The van der Waals surface area contributed by atoms with Gasteiger partial charge in [0.05, 0.1) is 5.54 Å². The molecule has 1 aromatic heterocycles. The molecule has 0 saturated heterocycles. The molecule has 1 saturated carbocycles. The first-order valence-corrected chi connectivity index (χ1v) is 6.27. The Bertz CT molecular complexity index is 340. The fourth-order valence-corrected chi connectivity index (χ4v) is 2.31. The van der Waals surface area contributed by atoms with Crippen molar-refractivity contribution in [2.45, 2.75) is 35.7 Å². The topological polar surface area (TPSA) is 77.8 Å². The van der Waals surface area contributed by atoms with Crippen LogP contribution < -0.4 is 11.5 Å². The molecule has 1 aliphatic rings. The molecule has 2 rings (SSSR count). The second-order valence-electron chi connectivity index (χ2n) is 4.11. The Kier molecular flexibility index (Phi) is 2.95. The maximum Gasteiger partial charge on any atom is 0.148 e. The van der Waals surface area contributed by atoms with Crippen molar-refractivity contribution in [1.82, 2.24) is 9.97 Å². The summed E-state index contributed by atoms with van der Waals surface area (Å²) in [5.41, 5.74) is 11.7. The molecule has 5 heteroatoms. The first-order chi connectivity index (χ1) is 7.14. The lowest BCUT2D eigenvalue weighted by molar-refractivity contribution is 0.423. The standard InChI is InChI=1S/C10H16N4S/c1-15-8-5-13-9(14-6-8)10(12)3-2-7(11)4-10/h5-7H,2-4,11-12H2,1H3. The normalized spacial score (nSPS) is 30.7. The SMILES string of the molecule is CSc1cnc(C2(N)CCC(N)C2)nc1. The summed E-state index contributed by atoms with van der Waals surface area (Å²) in [6.07, 6.45) is 8.28. The van der Waals surface area contributed by atoms with Gasteiger partial charge in [0.25, 0.3) is 0 Å². The Hall–Kier alpha value is -0.650. The van der Waals surface area contributed by atoms with Crippen LogP contribution in [-0.2, 0) is 5.54 Å². The first-order valence-electron chi connectivity index (χ1n) is 5.05. The summed E-state index contributed by atoms with van der Waals surface area (Å²) < 4.78 is 0. The molecule has 1 heterocycles. The third-order valence-corrected chi connectivity index (χ3v) is 3.58. The first kappa shape index (κ1) is 10.9. The largest absolute Gasteiger partial charge is 0.328 e. The van der Waals surface area contributed by atoms with Crippen LogP contribution in [0.5, 0.6) is 0 Å². The van der Waals surface area contributed by atoms with E-state index in [1.165, 1.54) is 0 Å². The zero-order valence-electron chi connectivity index (χ0n) is 8.81. The van der Waals surface area contributed by atoms with Crippen molar-refractivity contribution in [3.63, 3.8) is 0 Å². The minimum atomic E-state index is -0.406. The highest BCUT2D eigenvalue weighted by molar-refractivity contribution is 7.98. The van der Waals surface area contributed by atoms with E-state index in [9.17, 15) is 0 Å². The summed E-state index contributed by atoms with van der Waals surface area (Å²) in [5.74, 6) is 0.730. The van der Waals surface area contributed by atoms with Crippen molar-refractivity contribution in [3.05, 3.63) is 18.2 Å². The van der Waals surface area contributed by atoms with E-state index in [1.807, 2.05) is 18.6 Å². The summed E-state index contributed by atoms with van der Waals surface area (Å²) >= 11 is 1.63. The van der Waals surface area contributed by atoms with Crippen LogP contribution in [0.4, 0.5) is 0 Å². The molecule has 4 nitrogen and oxygen atoms in total. The van der Waals surface area contributed by atoms with E-state index in [2.05, 4.69) is 9.97 Å². The smallest absolute Gasteiger partial charge is 0.148 e. The quantitative estimate of drug-likeness (QED) is 0.729. The molecule has 15 heavy (non-hydrogen) atoms. The number of hydrogen-bond acceptors (Lipinski definition) is 5. The third kappa shape index (κ3) is 2.14. The second-order valence-corrected chi connectivity index (χ2v) is 4.99. The van der Waals surface area contributed by atoms with E-state index < -0.39 is 5.54 Å². The molecule has 0 spiro atoms. The van der Waals surface area contributed by atoms with Gasteiger partial charge in [-0.1, -0.05) is 0 Å². The molecule has 0 radical (unpaired) electrons. The van der Waals surface area contributed by atoms with Gasteiger partial charge in [-0.25, -0.2) is 9.97 Å². The van der Waals surface area contributed by atoms with Gasteiger partial charge in [-0.3, -0.25) is 0 Å². The predicted molar refractivity (Wildman–Crippen MR) is 61.5 cm³/mol. The van der Waals surface area contributed by atoms with E-state index in [1.54, 1.807) is 11.8 Å². The van der Waals surface area contributed by atoms with Crippen molar-refractivity contribution < 1.29 is 0 Å². The zero-order chi connectivity index (χ0) is 10.9. The minimum absolute atomic E-state index is 0.193. The molecule has 0 aliphatic heterocycles. The van der Waals surface area contributed by atoms with Crippen LogP contribution in [0.2, 0.25) is 0 Å². The van der Waals surface area contributed by atoms with Crippen LogP contribution in [0.25, 0.3) is 0 Å². The highest BCUT2D eigenvalue weighted by atomic mass is 32.2. The average Bonchev–Trinajstić information content (AvgIpc) is 2.60. The molecular formula is C10H16N4S. The Morgan fingerprint density at radius 3 is 2.60 bits per heavy atom. The molecule has 1 fully saturated rings. The number of rotatable bonds is 2. The lowest BCUT2D eigenvalue weighted by atomic mass is 9.98. The zero-order valence-corrected chi connectivity index (χ0v) is 9.63. The van der Waals surface area contributed by atoms with E-state index in [0.717, 1.165) is 30.0 Å². The van der Waals surface area contributed by atoms with Gasteiger partial charge < -0.3 is 11.5 Å². The Balaban J connectivity index is 2.22. The predicted octanol–water partition coefficient (Wildman–Crippen LogP) is 0.864. The molecule has 0 amide bonds. The molecule has 1 aliphatic carbocycles. The number of hydrogen-bond donors (Lipinski definition) is 2. The van der Waals surface area contributed by atoms with Crippen LogP contribution in [0.15, 0.2) is 17.3 Å². The van der Waals surface area contributed by atoms with E-state index in [0.29, 0.717) is 0 Å². The van der Waals surface area contributed by atoms with Crippen molar-refractivity contribution in [3.8, 4) is 0 Å². The molecule has 82 valence electrons. The highest BCUT2D eigenvalue weighted by Crippen LogP contribution is 2.33. The highest BCUT2D eigenvalue weighted by Gasteiger charge is 2.37. The summed E-state index contributed by atoms with van der Waals surface area (Å²) in [6, 6.07) is 0.193. The van der Waals surface area contributed by atoms with Gasteiger partial charge in [0, 0.05) is 23.3 Å². The average molecular weight is 224 g/mol. The Morgan fingerprint density at radius 1 is 1.47 bits per heavy atom. The fraction of sp³-hybridized carbons (Fsp3) is 0.600. The van der Waals surface area contributed by atoms with Crippen LogP contribution in [0.1, 0.15) is 25.1 Å². The van der Waals surface area contributed by atoms with E-state index >= 15 is 0 Å². The molecule has 2 atom stereocenters. The summed E-state index contributed by atoms with van der Waals surface area (Å²) in [6.45, 7) is 0. The van der Waals surface area contributed by atoms with Crippen molar-refractivity contribution in [2.24, 2.45) is 11.5 Å². The van der Waals surface area contributed by atoms with E-state index in [-0.39, 0.29) is 6.04 Å². The van der Waals surface area contributed by atoms with E-state index in [4.69, 9.17) is 11.5 Å². The van der Waals surface area contributed by atoms with Gasteiger partial charge in [-0.05, 0) is 25.5 Å². The lowest BCUT2D eigenvalue weighted by Gasteiger charge is -2.21. The van der Waals surface area contributed by atoms with Crippen molar-refractivity contribution in [1.29, 1.82) is 0 Å². The maximum absolute atomic E-state index is 6.25. The summed E-state index contributed by atoms with van der Waals surface area (Å²) in [4.78, 5) is 9.71. The maximum atomic E-state index is 6.25. The second kappa shape index (κ2) is 4.08. The molecular weight excluding hydrogens is 208 g/mol. The van der Waals surface area contributed by atoms with Crippen molar-refractivity contribution in [2.75, 3.05) is 6.26 Å². The van der Waals surface area contributed by atoms with Gasteiger partial charge in [0.1, 0.15) is 5.82 Å². The number of nitrogens with zero attached hydrogens (tertiary/aromatic N) is 2. The van der Waals surface area contributed by atoms with Crippen LogP contribution in [-0.4, -0.2) is 22.3 Å². The van der Waals surface area contributed by atoms with Crippen LogP contribution in [0, 0.1) is 0 Å². The number of thioether (sulfide) groups is 1. The summed E-state index contributed by atoms with van der Waals surface area (Å²) in [7, 11) is 0. The number of nitrogens with two attached hydrogens (primary N) is 2. The fourth-order valence-electron chi connectivity index (χ4n) is 2.00. The van der Waals surface area contributed by atoms with Gasteiger partial charge in [0.15, 0.2) is 0 Å².